The molecular weight excluding hydrogens is 491 g/mol. The van der Waals surface area contributed by atoms with Crippen molar-refractivity contribution in [2.45, 2.75) is 33.2 Å². The second kappa shape index (κ2) is 10.5. The third-order valence-corrected chi connectivity index (χ3v) is 5.98. The summed E-state index contributed by atoms with van der Waals surface area (Å²) in [7, 11) is 0. The predicted octanol–water partition coefficient (Wildman–Crippen LogP) is 7.05. The maximum absolute atomic E-state index is 13.0. The molecule has 5 nitrogen and oxygen atoms in total. The Morgan fingerprint density at radius 3 is 2.44 bits per heavy atom. The average Bonchev–Trinajstić information content (AvgIpc) is 3.18. The molecule has 0 radical (unpaired) electrons. The van der Waals surface area contributed by atoms with Crippen molar-refractivity contribution >= 4 is 23.3 Å². The van der Waals surface area contributed by atoms with Gasteiger partial charge in [0.25, 0.3) is 5.91 Å². The first-order chi connectivity index (χ1) is 17.1. The molecule has 0 unspecified atom stereocenters. The van der Waals surface area contributed by atoms with Crippen molar-refractivity contribution in [3.05, 3.63) is 111 Å². The molecule has 0 atom stereocenters. The smallest absolute Gasteiger partial charge is 0.416 e. The van der Waals surface area contributed by atoms with E-state index >= 15 is 0 Å². The lowest BCUT2D eigenvalue weighted by Crippen LogP contribution is -2.13. The monoisotopic (exact) mass is 513 g/mol. The number of aryl methyl sites for hydroxylation is 2. The maximum Gasteiger partial charge on any atom is 0.416 e. The normalized spacial score (nSPS) is 11.4. The molecule has 186 valence electrons. The van der Waals surface area contributed by atoms with Crippen LogP contribution >= 0.6 is 11.6 Å². The van der Waals surface area contributed by atoms with E-state index in [1.54, 1.807) is 60.1 Å². The van der Waals surface area contributed by atoms with Crippen molar-refractivity contribution in [1.29, 1.82) is 0 Å². The molecule has 0 saturated carbocycles. The highest BCUT2D eigenvalue weighted by molar-refractivity contribution is 6.31. The zero-order chi connectivity index (χ0) is 25.9. The maximum atomic E-state index is 13.0. The van der Waals surface area contributed by atoms with E-state index in [2.05, 4.69) is 10.4 Å². The fraction of sp³-hybridized carbons (Fsp3) is 0.185. The number of nitrogens with one attached hydrogen (secondary N) is 1. The van der Waals surface area contributed by atoms with Crippen LogP contribution in [0.15, 0.2) is 72.8 Å². The summed E-state index contributed by atoms with van der Waals surface area (Å²) in [5.74, 6) is 0.671. The van der Waals surface area contributed by atoms with E-state index in [0.717, 1.165) is 23.3 Å². The number of hydrogen-bond acceptors (Lipinski definition) is 3. The van der Waals surface area contributed by atoms with Gasteiger partial charge in [0.1, 0.15) is 12.4 Å². The van der Waals surface area contributed by atoms with Crippen molar-refractivity contribution < 1.29 is 22.7 Å². The lowest BCUT2D eigenvalue weighted by Gasteiger charge is -2.10. The van der Waals surface area contributed by atoms with Crippen LogP contribution < -0.4 is 10.1 Å². The van der Waals surface area contributed by atoms with Gasteiger partial charge in [0, 0.05) is 22.3 Å². The largest absolute Gasteiger partial charge is 0.489 e. The average molecular weight is 514 g/mol. The number of carbonyl (C=O) groups excluding carboxylic acids is 1. The van der Waals surface area contributed by atoms with E-state index < -0.39 is 11.7 Å². The Balaban J connectivity index is 1.37. The Kier molecular flexibility index (Phi) is 7.35. The second-order valence-corrected chi connectivity index (χ2v) is 8.78. The molecule has 9 heteroatoms. The lowest BCUT2D eigenvalue weighted by molar-refractivity contribution is -0.137. The minimum absolute atomic E-state index is 0.146. The quantitative estimate of drug-likeness (QED) is 0.288. The molecule has 1 N–H and O–H groups in total. The van der Waals surface area contributed by atoms with Crippen molar-refractivity contribution in [2.24, 2.45) is 0 Å². The molecule has 36 heavy (non-hydrogen) atoms. The number of benzene rings is 3. The summed E-state index contributed by atoms with van der Waals surface area (Å²) in [6, 6.07) is 19.2. The zero-order valence-electron chi connectivity index (χ0n) is 19.6. The molecule has 0 aliphatic heterocycles. The topological polar surface area (TPSA) is 56.1 Å². The Morgan fingerprint density at radius 2 is 1.75 bits per heavy atom. The van der Waals surface area contributed by atoms with Crippen LogP contribution in [0.1, 0.15) is 38.3 Å². The molecule has 0 bridgehead atoms. The van der Waals surface area contributed by atoms with Crippen LogP contribution in [0.3, 0.4) is 0 Å². The number of hydrogen-bond donors (Lipinski definition) is 1. The van der Waals surface area contributed by atoms with Crippen molar-refractivity contribution in [3.63, 3.8) is 0 Å². The van der Waals surface area contributed by atoms with Gasteiger partial charge in [-0.1, -0.05) is 35.9 Å². The highest BCUT2D eigenvalue weighted by Crippen LogP contribution is 2.30. The number of nitrogens with zero attached hydrogens (tertiary/aromatic N) is 2. The minimum Gasteiger partial charge on any atom is -0.489 e. The summed E-state index contributed by atoms with van der Waals surface area (Å²) >= 11 is 6.03. The lowest BCUT2D eigenvalue weighted by atomic mass is 10.1. The van der Waals surface area contributed by atoms with Crippen LogP contribution in [0.25, 0.3) is 0 Å². The van der Waals surface area contributed by atoms with Gasteiger partial charge in [-0.05, 0) is 73.0 Å². The van der Waals surface area contributed by atoms with Crippen molar-refractivity contribution in [3.8, 4) is 5.75 Å². The van der Waals surface area contributed by atoms with Crippen molar-refractivity contribution in [1.82, 2.24) is 9.78 Å². The molecule has 4 aromatic rings. The van der Waals surface area contributed by atoms with Gasteiger partial charge in [-0.15, -0.1) is 0 Å². The molecule has 1 amide bonds. The standard InChI is InChI=1S/C27H23ClF3N3O2/c1-17-12-23(10-11-24(17)28)36-16-19-6-8-21(9-7-19)26(35)32-25-13-18(2)34(33-25)15-20-4-3-5-22(14-20)27(29,30)31/h3-14H,15-16H2,1-2H3,(H,32,33,35). The Labute approximate surface area is 211 Å². The Hall–Kier alpha value is -3.78. The second-order valence-electron chi connectivity index (χ2n) is 8.38. The third kappa shape index (κ3) is 6.26. The predicted molar refractivity (Wildman–Crippen MR) is 132 cm³/mol. The summed E-state index contributed by atoms with van der Waals surface area (Å²) in [6.45, 7) is 4.15. The van der Waals surface area contributed by atoms with Crippen LogP contribution in [-0.2, 0) is 19.3 Å². The van der Waals surface area contributed by atoms with Crippen LogP contribution in [0.5, 0.6) is 5.75 Å². The summed E-state index contributed by atoms with van der Waals surface area (Å²) in [5.41, 5.74) is 2.70. The summed E-state index contributed by atoms with van der Waals surface area (Å²) in [6.07, 6.45) is -4.41. The van der Waals surface area contributed by atoms with E-state index in [0.29, 0.717) is 40.0 Å². The number of amides is 1. The number of carbonyl (C=O) groups is 1. The third-order valence-electron chi connectivity index (χ3n) is 5.56. The van der Waals surface area contributed by atoms with Gasteiger partial charge in [-0.2, -0.15) is 18.3 Å². The number of anilines is 1. The van der Waals surface area contributed by atoms with E-state index in [9.17, 15) is 18.0 Å². The summed E-state index contributed by atoms with van der Waals surface area (Å²) < 4.78 is 46.3. The van der Waals surface area contributed by atoms with Gasteiger partial charge >= 0.3 is 6.18 Å². The SMILES string of the molecule is Cc1cc(OCc2ccc(C(=O)Nc3cc(C)n(Cc4cccc(C(F)(F)F)c4)n3)cc2)ccc1Cl. The zero-order valence-corrected chi connectivity index (χ0v) is 20.3. The van der Waals surface area contributed by atoms with Gasteiger partial charge in [0.2, 0.25) is 0 Å². The number of alkyl halides is 3. The van der Waals surface area contributed by atoms with E-state index in [-0.39, 0.29) is 12.5 Å². The number of halogens is 4. The summed E-state index contributed by atoms with van der Waals surface area (Å²) in [5, 5.41) is 7.74. The highest BCUT2D eigenvalue weighted by Gasteiger charge is 2.30. The Morgan fingerprint density at radius 1 is 1.00 bits per heavy atom. The first-order valence-corrected chi connectivity index (χ1v) is 11.5. The molecule has 3 aromatic carbocycles. The summed E-state index contributed by atoms with van der Waals surface area (Å²) in [4.78, 5) is 12.7. The van der Waals surface area contributed by atoms with Gasteiger partial charge in [-0.3, -0.25) is 9.48 Å². The molecule has 0 aliphatic carbocycles. The number of ether oxygens (including phenoxy) is 1. The fourth-order valence-corrected chi connectivity index (χ4v) is 3.68. The van der Waals surface area contributed by atoms with E-state index in [1.165, 1.54) is 6.07 Å². The molecule has 0 fully saturated rings. The first kappa shape index (κ1) is 25.3. The van der Waals surface area contributed by atoms with E-state index in [4.69, 9.17) is 16.3 Å². The van der Waals surface area contributed by atoms with E-state index in [1.807, 2.05) is 13.0 Å². The molecule has 0 saturated heterocycles. The van der Waals surface area contributed by atoms with Crippen LogP contribution in [0.4, 0.5) is 19.0 Å². The minimum atomic E-state index is -4.41. The van der Waals surface area contributed by atoms with Crippen molar-refractivity contribution in [2.75, 3.05) is 5.32 Å². The molecule has 0 spiro atoms. The number of rotatable bonds is 7. The highest BCUT2D eigenvalue weighted by atomic mass is 35.5. The van der Waals surface area contributed by atoms with Gasteiger partial charge in [0.05, 0.1) is 12.1 Å². The number of aromatic nitrogens is 2. The fourth-order valence-electron chi connectivity index (χ4n) is 3.56. The van der Waals surface area contributed by atoms with Gasteiger partial charge in [0.15, 0.2) is 5.82 Å². The molecule has 4 rings (SSSR count). The van der Waals surface area contributed by atoms with Gasteiger partial charge < -0.3 is 10.1 Å². The van der Waals surface area contributed by atoms with Gasteiger partial charge in [-0.25, -0.2) is 0 Å². The molecule has 1 heterocycles. The Bertz CT molecular complexity index is 1380. The van der Waals surface area contributed by atoms with Crippen LogP contribution in [0, 0.1) is 13.8 Å². The first-order valence-electron chi connectivity index (χ1n) is 11.1. The molecule has 0 aliphatic rings. The molecular formula is C27H23ClF3N3O2. The van der Waals surface area contributed by atoms with Crippen LogP contribution in [-0.4, -0.2) is 15.7 Å². The molecule has 1 aromatic heterocycles. The van der Waals surface area contributed by atoms with Crippen LogP contribution in [0.2, 0.25) is 5.02 Å².